The Bertz CT molecular complexity index is 2040. The number of pyridine rings is 1. The molecule has 1 unspecified atom stereocenters. The molecule has 3 heterocycles. The standard InChI is InChI=1S/C38H41N5O6S/c1-48-27-17-18-29-32(20-27)41-31(25-12-6-5-7-13-25)22-34(29)49-28-21-33(40-24-28)36(44)42-38-23-26(38)14-8-3-2-4-11-19-39-30-15-9-10-16-35(30)50(46,47)43-37(38)45/h5-10,12-18,20,22,26,28,33,39-40H,2-4,11,19,21,23-24H2,1H3,(H,42,44)(H,43,45)/b14-8-/t26-,28+,33-,38?/m0/s1. The molecule has 4 aromatic rings. The van der Waals surface area contributed by atoms with E-state index in [2.05, 4.69) is 20.7 Å². The first-order chi connectivity index (χ1) is 24.3. The van der Waals surface area contributed by atoms with Crippen molar-refractivity contribution in [1.29, 1.82) is 0 Å². The van der Waals surface area contributed by atoms with Gasteiger partial charge in [-0.25, -0.2) is 18.1 Å². The lowest BCUT2D eigenvalue weighted by Crippen LogP contribution is -2.55. The quantitative estimate of drug-likeness (QED) is 0.206. The molecule has 7 rings (SSSR count). The summed E-state index contributed by atoms with van der Waals surface area (Å²) < 4.78 is 41.3. The molecule has 260 valence electrons. The van der Waals surface area contributed by atoms with Crippen LogP contribution in [0, 0.1) is 5.92 Å². The van der Waals surface area contributed by atoms with Gasteiger partial charge in [0.1, 0.15) is 28.0 Å². The minimum atomic E-state index is -4.22. The predicted octanol–water partition coefficient (Wildman–Crippen LogP) is 4.94. The number of nitrogens with one attached hydrogen (secondary N) is 4. The van der Waals surface area contributed by atoms with E-state index in [4.69, 9.17) is 14.5 Å². The molecule has 0 spiro atoms. The van der Waals surface area contributed by atoms with E-state index in [1.807, 2.05) is 66.7 Å². The van der Waals surface area contributed by atoms with Crippen LogP contribution >= 0.6 is 0 Å². The Morgan fingerprint density at radius 2 is 1.82 bits per heavy atom. The molecule has 3 aliphatic rings. The van der Waals surface area contributed by atoms with E-state index in [0.717, 1.165) is 47.8 Å². The molecule has 0 radical (unpaired) electrons. The maximum absolute atomic E-state index is 13.8. The van der Waals surface area contributed by atoms with Crippen molar-refractivity contribution in [2.24, 2.45) is 5.92 Å². The number of carbonyl (C=O) groups excluding carboxylic acids is 2. The van der Waals surface area contributed by atoms with Crippen molar-refractivity contribution in [3.05, 3.63) is 91.0 Å². The van der Waals surface area contributed by atoms with E-state index in [9.17, 15) is 18.0 Å². The number of anilines is 1. The normalized spacial score (nSPS) is 25.4. The molecule has 11 nitrogen and oxygen atoms in total. The molecule has 1 saturated carbocycles. The molecule has 2 fully saturated rings. The van der Waals surface area contributed by atoms with Crippen molar-refractivity contribution < 1.29 is 27.5 Å². The summed E-state index contributed by atoms with van der Waals surface area (Å²) in [6.07, 6.45) is 7.93. The number of methoxy groups -OCH3 is 1. The van der Waals surface area contributed by atoms with Crippen LogP contribution in [0.25, 0.3) is 22.2 Å². The Hall–Kier alpha value is -4.94. The molecular formula is C38H41N5O6S. The van der Waals surface area contributed by atoms with Gasteiger partial charge in [0.05, 0.1) is 30.0 Å². The van der Waals surface area contributed by atoms with Crippen LogP contribution in [0.15, 0.2) is 95.9 Å². The summed E-state index contributed by atoms with van der Waals surface area (Å²) in [5.41, 5.74) is 1.46. The summed E-state index contributed by atoms with van der Waals surface area (Å²) in [4.78, 5) is 32.4. The first kappa shape index (κ1) is 33.6. The molecule has 50 heavy (non-hydrogen) atoms. The van der Waals surface area contributed by atoms with Crippen molar-refractivity contribution in [2.75, 3.05) is 25.5 Å². The molecule has 2 amide bonds. The molecule has 1 aromatic heterocycles. The highest BCUT2D eigenvalue weighted by Gasteiger charge is 2.61. The number of hydrogen-bond acceptors (Lipinski definition) is 9. The van der Waals surface area contributed by atoms with Gasteiger partial charge in [-0.3, -0.25) is 9.59 Å². The zero-order valence-corrected chi connectivity index (χ0v) is 28.7. The molecule has 4 N–H and O–H groups in total. The Morgan fingerprint density at radius 1 is 1.00 bits per heavy atom. The molecule has 2 aliphatic heterocycles. The highest BCUT2D eigenvalue weighted by atomic mass is 32.2. The second-order valence-electron chi connectivity index (χ2n) is 13.1. The fraction of sp³-hybridized carbons (Fsp3) is 0.342. The maximum atomic E-state index is 13.8. The average Bonchev–Trinajstić information content (AvgIpc) is 3.62. The topological polar surface area (TPSA) is 148 Å². The van der Waals surface area contributed by atoms with Crippen molar-refractivity contribution >= 4 is 38.4 Å². The van der Waals surface area contributed by atoms with Gasteiger partial charge in [0.25, 0.3) is 15.9 Å². The Balaban J connectivity index is 1.09. The van der Waals surface area contributed by atoms with Crippen LogP contribution in [0.4, 0.5) is 5.69 Å². The van der Waals surface area contributed by atoms with Crippen LogP contribution < -0.4 is 30.1 Å². The Morgan fingerprint density at radius 3 is 2.66 bits per heavy atom. The summed E-state index contributed by atoms with van der Waals surface area (Å²) in [5, 5.41) is 10.2. The van der Waals surface area contributed by atoms with Gasteiger partial charge in [-0.2, -0.15) is 0 Å². The molecular weight excluding hydrogens is 655 g/mol. The summed E-state index contributed by atoms with van der Waals surface area (Å²) in [6.45, 7) is 1.02. The first-order valence-corrected chi connectivity index (χ1v) is 18.6. The van der Waals surface area contributed by atoms with Crippen LogP contribution in [0.3, 0.4) is 0 Å². The number of nitrogens with zero attached hydrogens (tertiary/aromatic N) is 1. The zero-order valence-electron chi connectivity index (χ0n) is 27.9. The number of allylic oxidation sites excluding steroid dienone is 1. The first-order valence-electron chi connectivity index (χ1n) is 17.1. The van der Waals surface area contributed by atoms with Gasteiger partial charge in [0, 0.05) is 48.5 Å². The lowest BCUT2D eigenvalue weighted by molar-refractivity contribution is -0.130. The number of fused-ring (bicyclic) bond motifs is 3. The molecule has 1 saturated heterocycles. The van der Waals surface area contributed by atoms with E-state index in [1.54, 1.807) is 25.3 Å². The van der Waals surface area contributed by atoms with Gasteiger partial charge in [0.2, 0.25) is 5.91 Å². The molecule has 3 aromatic carbocycles. The van der Waals surface area contributed by atoms with Crippen molar-refractivity contribution in [2.45, 2.75) is 61.1 Å². The number of ether oxygens (including phenoxy) is 2. The zero-order chi connectivity index (χ0) is 34.7. The van der Waals surface area contributed by atoms with E-state index in [-0.39, 0.29) is 22.8 Å². The van der Waals surface area contributed by atoms with Crippen LogP contribution in [0.5, 0.6) is 11.5 Å². The monoisotopic (exact) mass is 695 g/mol. The number of rotatable bonds is 6. The number of carbonyl (C=O) groups is 2. The van der Waals surface area contributed by atoms with Gasteiger partial charge >= 0.3 is 0 Å². The van der Waals surface area contributed by atoms with Crippen LogP contribution in [-0.2, 0) is 19.6 Å². The van der Waals surface area contributed by atoms with Gasteiger partial charge in [0.15, 0.2) is 0 Å². The molecule has 4 atom stereocenters. The highest BCUT2D eigenvalue weighted by molar-refractivity contribution is 7.90. The maximum Gasteiger partial charge on any atom is 0.266 e. The van der Waals surface area contributed by atoms with Crippen LogP contribution in [0.1, 0.15) is 38.5 Å². The molecule has 12 heteroatoms. The minimum Gasteiger partial charge on any atom is -0.497 e. The third kappa shape index (κ3) is 7.03. The SMILES string of the molecule is COc1ccc2c(O[C@H]3CN[C@H](C(=O)NC45C[C@@H]4/C=C\CCCCCNc4ccccc4S(=O)(=O)NC5=O)C3)cc(-c3ccccc3)nc2c1. The third-order valence-electron chi connectivity index (χ3n) is 9.65. The fourth-order valence-electron chi connectivity index (χ4n) is 6.78. The fourth-order valence-corrected chi connectivity index (χ4v) is 8.00. The Kier molecular flexibility index (Phi) is 9.48. The lowest BCUT2D eigenvalue weighted by Gasteiger charge is -2.22. The summed E-state index contributed by atoms with van der Waals surface area (Å²) in [7, 11) is -2.61. The predicted molar refractivity (Wildman–Crippen MR) is 191 cm³/mol. The second kappa shape index (κ2) is 14.1. The van der Waals surface area contributed by atoms with Crippen molar-refractivity contribution in [1.82, 2.24) is 20.3 Å². The van der Waals surface area contributed by atoms with E-state index in [0.29, 0.717) is 43.1 Å². The van der Waals surface area contributed by atoms with Gasteiger partial charge < -0.3 is 25.4 Å². The van der Waals surface area contributed by atoms with E-state index in [1.165, 1.54) is 6.07 Å². The van der Waals surface area contributed by atoms with Gasteiger partial charge in [-0.1, -0.05) is 61.0 Å². The van der Waals surface area contributed by atoms with Gasteiger partial charge in [-0.05, 0) is 49.9 Å². The van der Waals surface area contributed by atoms with Crippen molar-refractivity contribution in [3.8, 4) is 22.8 Å². The van der Waals surface area contributed by atoms with Gasteiger partial charge in [-0.15, -0.1) is 0 Å². The second-order valence-corrected chi connectivity index (χ2v) is 14.7. The summed E-state index contributed by atoms with van der Waals surface area (Å²) in [6, 6.07) is 23.3. The molecule has 1 aliphatic carbocycles. The van der Waals surface area contributed by atoms with E-state index >= 15 is 0 Å². The number of aromatic nitrogens is 1. The number of para-hydroxylation sites is 1. The number of amides is 2. The lowest BCUT2D eigenvalue weighted by atomic mass is 10.1. The third-order valence-corrected chi connectivity index (χ3v) is 11.0. The highest BCUT2D eigenvalue weighted by Crippen LogP contribution is 2.46. The average molecular weight is 696 g/mol. The largest absolute Gasteiger partial charge is 0.497 e. The molecule has 0 bridgehead atoms. The minimum absolute atomic E-state index is 0.00704. The summed E-state index contributed by atoms with van der Waals surface area (Å²) >= 11 is 0. The number of benzene rings is 3. The smallest absolute Gasteiger partial charge is 0.266 e. The number of hydrogen-bond donors (Lipinski definition) is 4. The van der Waals surface area contributed by atoms with Crippen molar-refractivity contribution in [3.63, 3.8) is 0 Å². The van der Waals surface area contributed by atoms with Crippen LogP contribution in [0.2, 0.25) is 0 Å². The van der Waals surface area contributed by atoms with Crippen LogP contribution in [-0.4, -0.2) is 63.1 Å². The Labute approximate surface area is 291 Å². The number of sulfonamides is 1. The summed E-state index contributed by atoms with van der Waals surface area (Å²) in [5.74, 6) is -0.141. The van der Waals surface area contributed by atoms with E-state index < -0.39 is 27.5 Å².